The minimum absolute atomic E-state index is 0.0118. The van der Waals surface area contributed by atoms with Crippen LogP contribution in [-0.2, 0) is 9.53 Å². The lowest BCUT2D eigenvalue weighted by molar-refractivity contribution is -0.118. The smallest absolute Gasteiger partial charge is 0.165 e. The summed E-state index contributed by atoms with van der Waals surface area (Å²) in [7, 11) is 1.60. The van der Waals surface area contributed by atoms with E-state index in [0.717, 1.165) is 68.1 Å². The molecule has 0 aliphatic carbocycles. The van der Waals surface area contributed by atoms with E-state index in [1.807, 2.05) is 30.3 Å². The van der Waals surface area contributed by atoms with E-state index in [4.69, 9.17) is 14.2 Å². The van der Waals surface area contributed by atoms with Crippen molar-refractivity contribution in [2.45, 2.75) is 43.9 Å². The van der Waals surface area contributed by atoms with E-state index in [-0.39, 0.29) is 24.0 Å². The topological polar surface area (TPSA) is 60.9 Å². The Morgan fingerprint density at radius 3 is 2.74 bits per heavy atom. The number of hydrogen-bond donors (Lipinski definition) is 0. The fourth-order valence-electron chi connectivity index (χ4n) is 5.07. The van der Waals surface area contributed by atoms with E-state index >= 15 is 4.39 Å². The fourth-order valence-corrected chi connectivity index (χ4v) is 5.07. The molecule has 178 valence electrons. The third-order valence-corrected chi connectivity index (χ3v) is 6.85. The van der Waals surface area contributed by atoms with Gasteiger partial charge in [0.05, 0.1) is 19.3 Å². The van der Waals surface area contributed by atoms with E-state index in [9.17, 15) is 4.79 Å². The Bertz CT molecular complexity index is 1160. The van der Waals surface area contributed by atoms with Crippen LogP contribution in [0.5, 0.6) is 11.5 Å². The van der Waals surface area contributed by atoms with E-state index in [0.29, 0.717) is 11.3 Å². The molecule has 2 aliphatic heterocycles. The summed E-state index contributed by atoms with van der Waals surface area (Å²) in [5.41, 5.74) is 2.22. The molecule has 0 N–H and O–H groups in total. The summed E-state index contributed by atoms with van der Waals surface area (Å²) in [6.45, 7) is 2.19. The molecule has 0 bridgehead atoms. The molecule has 0 amide bonds. The molecule has 7 heteroatoms. The zero-order valence-electron chi connectivity index (χ0n) is 19.3. The van der Waals surface area contributed by atoms with Crippen LogP contribution in [0.3, 0.4) is 0 Å². The Morgan fingerprint density at radius 1 is 1.18 bits per heavy atom. The number of nitrogens with zero attached hydrogens (tertiary/aromatic N) is 2. The first-order valence-corrected chi connectivity index (χ1v) is 11.9. The van der Waals surface area contributed by atoms with Crippen molar-refractivity contribution in [3.8, 4) is 22.6 Å². The highest BCUT2D eigenvalue weighted by atomic mass is 19.1. The number of methoxy groups -OCH3 is 1. The van der Waals surface area contributed by atoms with Gasteiger partial charge in [0.25, 0.3) is 0 Å². The Morgan fingerprint density at radius 2 is 2.03 bits per heavy atom. The zero-order valence-corrected chi connectivity index (χ0v) is 19.3. The minimum Gasteiger partial charge on any atom is -0.494 e. The lowest BCUT2D eigenvalue weighted by Crippen LogP contribution is -2.49. The first-order chi connectivity index (χ1) is 16.7. The van der Waals surface area contributed by atoms with Crippen LogP contribution in [0.2, 0.25) is 0 Å². The molecule has 5 rings (SSSR count). The second-order valence-electron chi connectivity index (χ2n) is 8.90. The van der Waals surface area contributed by atoms with Gasteiger partial charge in [0, 0.05) is 36.8 Å². The summed E-state index contributed by atoms with van der Waals surface area (Å²) in [5.74, 6) is 0.453. The van der Waals surface area contributed by atoms with E-state index in [1.165, 1.54) is 6.07 Å². The molecule has 0 radical (unpaired) electrons. The monoisotopic (exact) mass is 464 g/mol. The largest absolute Gasteiger partial charge is 0.494 e. The Kier molecular flexibility index (Phi) is 6.74. The number of fused-ring (bicyclic) bond motifs is 1. The number of hydrogen-bond acceptors (Lipinski definition) is 6. The SMILES string of the molecule is COc1c(-c2ccc(OC3CCN(C(C=O)[C@H]4CCCO4)CC3)c(F)c2)ccc2cccnc12. The van der Waals surface area contributed by atoms with Gasteiger partial charge in [-0.15, -0.1) is 0 Å². The number of ether oxygens (including phenoxy) is 3. The normalized spacial score (nSPS) is 20.4. The molecule has 2 fully saturated rings. The summed E-state index contributed by atoms with van der Waals surface area (Å²) in [4.78, 5) is 18.3. The van der Waals surface area contributed by atoms with Gasteiger partial charge >= 0.3 is 0 Å². The summed E-state index contributed by atoms with van der Waals surface area (Å²) in [6, 6.07) is 12.5. The third kappa shape index (κ3) is 4.50. The molecule has 0 spiro atoms. The summed E-state index contributed by atoms with van der Waals surface area (Å²) in [5, 5.41) is 0.964. The van der Waals surface area contributed by atoms with Crippen LogP contribution >= 0.6 is 0 Å². The van der Waals surface area contributed by atoms with Crippen LogP contribution in [0.1, 0.15) is 25.7 Å². The number of aldehydes is 1. The van der Waals surface area contributed by atoms with Gasteiger partial charge < -0.3 is 19.0 Å². The molecular formula is C27H29FN2O4. The molecule has 2 atom stereocenters. The molecule has 1 unspecified atom stereocenters. The quantitative estimate of drug-likeness (QED) is 0.475. The van der Waals surface area contributed by atoms with Crippen molar-refractivity contribution < 1.29 is 23.4 Å². The zero-order chi connectivity index (χ0) is 23.5. The molecule has 6 nitrogen and oxygen atoms in total. The molecule has 2 aliphatic rings. The van der Waals surface area contributed by atoms with Crippen molar-refractivity contribution in [3.05, 3.63) is 54.5 Å². The molecule has 0 saturated carbocycles. The maximum absolute atomic E-state index is 15.0. The average Bonchev–Trinajstić information content (AvgIpc) is 3.40. The van der Waals surface area contributed by atoms with Crippen molar-refractivity contribution in [1.29, 1.82) is 0 Å². The van der Waals surface area contributed by atoms with E-state index < -0.39 is 5.82 Å². The van der Waals surface area contributed by atoms with Gasteiger partial charge in [0.2, 0.25) is 0 Å². The van der Waals surface area contributed by atoms with Crippen molar-refractivity contribution in [3.63, 3.8) is 0 Å². The summed E-state index contributed by atoms with van der Waals surface area (Å²) < 4.78 is 32.4. The first kappa shape index (κ1) is 22.7. The van der Waals surface area contributed by atoms with Crippen LogP contribution in [0.15, 0.2) is 48.7 Å². The van der Waals surface area contributed by atoms with Crippen LogP contribution < -0.4 is 9.47 Å². The Hall–Kier alpha value is -3.03. The average molecular weight is 465 g/mol. The Labute approximate surface area is 198 Å². The van der Waals surface area contributed by atoms with Gasteiger partial charge in [0.15, 0.2) is 17.3 Å². The van der Waals surface area contributed by atoms with Crippen LogP contribution in [0, 0.1) is 5.82 Å². The van der Waals surface area contributed by atoms with Crippen molar-refractivity contribution in [1.82, 2.24) is 9.88 Å². The van der Waals surface area contributed by atoms with Gasteiger partial charge in [-0.2, -0.15) is 0 Å². The lowest BCUT2D eigenvalue weighted by Gasteiger charge is -2.37. The van der Waals surface area contributed by atoms with Crippen molar-refractivity contribution in [2.24, 2.45) is 0 Å². The van der Waals surface area contributed by atoms with Crippen molar-refractivity contribution >= 4 is 17.2 Å². The number of aromatic nitrogens is 1. The molecule has 3 aromatic rings. The van der Waals surface area contributed by atoms with E-state index in [2.05, 4.69) is 9.88 Å². The number of benzene rings is 2. The molecular weight excluding hydrogens is 435 g/mol. The van der Waals surface area contributed by atoms with E-state index in [1.54, 1.807) is 19.4 Å². The maximum Gasteiger partial charge on any atom is 0.165 e. The van der Waals surface area contributed by atoms with Gasteiger partial charge in [-0.3, -0.25) is 9.88 Å². The second-order valence-corrected chi connectivity index (χ2v) is 8.90. The fraction of sp³-hybridized carbons (Fsp3) is 0.407. The van der Waals surface area contributed by atoms with Gasteiger partial charge in [-0.25, -0.2) is 4.39 Å². The molecule has 3 heterocycles. The molecule has 2 saturated heterocycles. The predicted molar refractivity (Wildman–Crippen MR) is 128 cm³/mol. The van der Waals surface area contributed by atoms with Crippen LogP contribution in [0.4, 0.5) is 4.39 Å². The number of halogens is 1. The second kappa shape index (κ2) is 10.1. The highest BCUT2D eigenvalue weighted by molar-refractivity contribution is 5.92. The highest BCUT2D eigenvalue weighted by Crippen LogP contribution is 2.37. The molecule has 1 aromatic heterocycles. The number of likely N-dealkylation sites (tertiary alicyclic amines) is 1. The van der Waals surface area contributed by atoms with Crippen LogP contribution in [0.25, 0.3) is 22.0 Å². The predicted octanol–water partition coefficient (Wildman–Crippen LogP) is 4.64. The summed E-state index contributed by atoms with van der Waals surface area (Å²) >= 11 is 0. The first-order valence-electron chi connectivity index (χ1n) is 11.9. The maximum atomic E-state index is 15.0. The van der Waals surface area contributed by atoms with Gasteiger partial charge in [0.1, 0.15) is 17.9 Å². The molecule has 2 aromatic carbocycles. The minimum atomic E-state index is -0.409. The number of rotatable bonds is 7. The number of carbonyl (C=O) groups is 1. The number of pyridine rings is 1. The van der Waals surface area contributed by atoms with Crippen molar-refractivity contribution in [2.75, 3.05) is 26.8 Å². The third-order valence-electron chi connectivity index (χ3n) is 6.85. The standard InChI is InChI=1S/C27H29FN2O4/c1-32-27-21(8-6-18-4-2-12-29-26(18)27)19-7-9-24(22(28)16-19)34-20-10-13-30(14-11-20)23(17-31)25-5-3-15-33-25/h2,4,6-9,12,16-17,20,23,25H,3,5,10-11,13-15H2,1H3/t23?,25-/m1/s1. The number of piperidine rings is 1. The number of carbonyl (C=O) groups excluding carboxylic acids is 1. The van der Waals surface area contributed by atoms with Gasteiger partial charge in [-0.05, 0) is 55.5 Å². The molecule has 34 heavy (non-hydrogen) atoms. The Balaban J connectivity index is 1.27. The highest BCUT2D eigenvalue weighted by Gasteiger charge is 2.33. The summed E-state index contributed by atoms with van der Waals surface area (Å²) in [6.07, 6.45) is 6.03. The van der Waals surface area contributed by atoms with Crippen LogP contribution in [-0.4, -0.2) is 61.2 Å². The lowest BCUT2D eigenvalue weighted by atomic mass is 10.0. The van der Waals surface area contributed by atoms with Gasteiger partial charge in [-0.1, -0.05) is 18.2 Å².